The highest BCUT2D eigenvalue weighted by Gasteiger charge is 2.23. The van der Waals surface area contributed by atoms with Crippen LogP contribution in [0.4, 0.5) is 11.5 Å². The fourth-order valence-electron chi connectivity index (χ4n) is 5.50. The van der Waals surface area contributed by atoms with Gasteiger partial charge in [-0.3, -0.25) is 9.59 Å². The van der Waals surface area contributed by atoms with Crippen molar-refractivity contribution in [3.63, 3.8) is 0 Å². The van der Waals surface area contributed by atoms with Gasteiger partial charge in [0.1, 0.15) is 5.82 Å². The van der Waals surface area contributed by atoms with Crippen molar-refractivity contribution in [3.8, 4) is 0 Å². The van der Waals surface area contributed by atoms with Gasteiger partial charge in [0.05, 0.1) is 5.52 Å². The number of carbonyl (C=O) groups is 2. The minimum Gasteiger partial charge on any atom is -0.356 e. The summed E-state index contributed by atoms with van der Waals surface area (Å²) in [6.45, 7) is 9.46. The molecular formula is C29H40N4O2. The third kappa shape index (κ3) is 7.06. The molecule has 6 heteroatoms. The standard InChI is InChI=1S/C29H40N4O2/c1-20-15-21(2)19-33(18-20)27-16-22(3)25-17-24(9-10-26(25)32-27)31-29(35)12-11-28(34)30-14-13-23-7-5-4-6-8-23/h7,9-10,16-17,20-21H,4-6,8,11-15,18-19H2,1-3H3,(H,30,34)(H,31,35). The molecule has 35 heavy (non-hydrogen) atoms. The van der Waals surface area contributed by atoms with E-state index < -0.39 is 0 Å². The predicted octanol–water partition coefficient (Wildman–Crippen LogP) is 5.75. The Morgan fingerprint density at radius 3 is 2.57 bits per heavy atom. The first-order valence-electron chi connectivity index (χ1n) is 13.3. The van der Waals surface area contributed by atoms with Crippen LogP contribution in [0.15, 0.2) is 35.9 Å². The zero-order valence-electron chi connectivity index (χ0n) is 21.5. The van der Waals surface area contributed by atoms with Crippen molar-refractivity contribution in [1.29, 1.82) is 0 Å². The highest BCUT2D eigenvalue weighted by molar-refractivity contribution is 5.96. The van der Waals surface area contributed by atoms with Crippen LogP contribution in [0, 0.1) is 18.8 Å². The van der Waals surface area contributed by atoms with E-state index in [0.717, 1.165) is 60.3 Å². The number of aromatic nitrogens is 1. The minimum absolute atomic E-state index is 0.0657. The van der Waals surface area contributed by atoms with E-state index in [0.29, 0.717) is 18.4 Å². The summed E-state index contributed by atoms with van der Waals surface area (Å²) in [5.74, 6) is 2.17. The number of rotatable bonds is 8. The fraction of sp³-hybridized carbons (Fsp3) is 0.552. The third-order valence-electron chi connectivity index (χ3n) is 7.21. The van der Waals surface area contributed by atoms with Crippen molar-refractivity contribution in [2.45, 2.75) is 72.1 Å². The van der Waals surface area contributed by atoms with E-state index in [4.69, 9.17) is 4.98 Å². The molecule has 1 saturated heterocycles. The number of nitrogens with zero attached hydrogens (tertiary/aromatic N) is 2. The zero-order chi connectivity index (χ0) is 24.8. The molecule has 2 N–H and O–H groups in total. The SMILES string of the molecule is Cc1cc(N2CC(C)CC(C)C2)nc2ccc(NC(=O)CCC(=O)NCCC3=CCCCC3)cc12. The summed E-state index contributed by atoms with van der Waals surface area (Å²) in [5, 5.41) is 6.94. The molecule has 0 spiro atoms. The molecule has 2 heterocycles. The molecule has 1 aliphatic heterocycles. The Hall–Kier alpha value is -2.89. The number of benzene rings is 1. The Morgan fingerprint density at radius 1 is 1.06 bits per heavy atom. The molecule has 1 aliphatic carbocycles. The molecular weight excluding hydrogens is 436 g/mol. The third-order valence-corrected chi connectivity index (χ3v) is 7.21. The number of aryl methyl sites for hydroxylation is 1. The molecule has 188 valence electrons. The zero-order valence-corrected chi connectivity index (χ0v) is 21.5. The van der Waals surface area contributed by atoms with Crippen LogP contribution in [0.25, 0.3) is 10.9 Å². The molecule has 2 aromatic rings. The number of anilines is 2. The number of allylic oxidation sites excluding steroid dienone is 1. The van der Waals surface area contributed by atoms with Gasteiger partial charge in [0.2, 0.25) is 11.8 Å². The maximum atomic E-state index is 12.5. The molecule has 2 atom stereocenters. The summed E-state index contributed by atoms with van der Waals surface area (Å²) < 4.78 is 0. The molecule has 1 aromatic heterocycles. The summed E-state index contributed by atoms with van der Waals surface area (Å²) >= 11 is 0. The van der Waals surface area contributed by atoms with Gasteiger partial charge >= 0.3 is 0 Å². The number of fused-ring (bicyclic) bond motifs is 1. The second-order valence-electron chi connectivity index (χ2n) is 10.6. The van der Waals surface area contributed by atoms with Gasteiger partial charge in [0.25, 0.3) is 0 Å². The van der Waals surface area contributed by atoms with Crippen molar-refractivity contribution < 1.29 is 9.59 Å². The lowest BCUT2D eigenvalue weighted by Gasteiger charge is -2.36. The molecule has 1 fully saturated rings. The number of hydrogen-bond donors (Lipinski definition) is 2. The maximum absolute atomic E-state index is 12.5. The second kappa shape index (κ2) is 11.7. The van der Waals surface area contributed by atoms with E-state index in [9.17, 15) is 9.59 Å². The van der Waals surface area contributed by atoms with Gasteiger partial charge in [-0.2, -0.15) is 0 Å². The Bertz CT molecular complexity index is 1080. The van der Waals surface area contributed by atoms with Crippen molar-refractivity contribution in [3.05, 3.63) is 41.5 Å². The highest BCUT2D eigenvalue weighted by Crippen LogP contribution is 2.29. The Morgan fingerprint density at radius 2 is 1.83 bits per heavy atom. The van der Waals surface area contributed by atoms with Gasteiger partial charge in [-0.15, -0.1) is 0 Å². The molecule has 0 radical (unpaired) electrons. The van der Waals surface area contributed by atoms with Crippen molar-refractivity contribution in [2.75, 3.05) is 29.9 Å². The van der Waals surface area contributed by atoms with E-state index in [-0.39, 0.29) is 24.7 Å². The molecule has 0 bridgehead atoms. The number of amides is 2. The summed E-state index contributed by atoms with van der Waals surface area (Å²) in [4.78, 5) is 31.9. The van der Waals surface area contributed by atoms with E-state index in [1.54, 1.807) is 0 Å². The van der Waals surface area contributed by atoms with Crippen LogP contribution >= 0.6 is 0 Å². The van der Waals surface area contributed by atoms with Gasteiger partial charge in [0.15, 0.2) is 0 Å². The quantitative estimate of drug-likeness (QED) is 0.476. The van der Waals surface area contributed by atoms with E-state index >= 15 is 0 Å². The molecule has 4 rings (SSSR count). The Balaban J connectivity index is 1.29. The monoisotopic (exact) mass is 476 g/mol. The normalized spacial score (nSPS) is 20.4. The van der Waals surface area contributed by atoms with Crippen molar-refractivity contribution in [1.82, 2.24) is 10.3 Å². The van der Waals surface area contributed by atoms with Crippen LogP contribution in [-0.4, -0.2) is 36.4 Å². The van der Waals surface area contributed by atoms with Crippen LogP contribution in [0.2, 0.25) is 0 Å². The first-order valence-corrected chi connectivity index (χ1v) is 13.3. The smallest absolute Gasteiger partial charge is 0.224 e. The largest absolute Gasteiger partial charge is 0.356 e. The molecule has 1 aromatic carbocycles. The van der Waals surface area contributed by atoms with Gasteiger partial charge < -0.3 is 15.5 Å². The number of piperidine rings is 1. The maximum Gasteiger partial charge on any atom is 0.224 e. The topological polar surface area (TPSA) is 74.3 Å². The lowest BCUT2D eigenvalue weighted by atomic mass is 9.92. The molecule has 2 unspecified atom stereocenters. The van der Waals surface area contributed by atoms with E-state index in [1.807, 2.05) is 18.2 Å². The van der Waals surface area contributed by atoms with E-state index in [2.05, 4.69) is 48.4 Å². The predicted molar refractivity (Wildman–Crippen MR) is 144 cm³/mol. The summed E-state index contributed by atoms with van der Waals surface area (Å²) in [7, 11) is 0. The fourth-order valence-corrected chi connectivity index (χ4v) is 5.50. The van der Waals surface area contributed by atoms with Crippen LogP contribution in [0.3, 0.4) is 0 Å². The molecule has 2 amide bonds. The Kier molecular flexibility index (Phi) is 8.42. The van der Waals surface area contributed by atoms with Gasteiger partial charge in [-0.05, 0) is 87.1 Å². The average Bonchev–Trinajstić information content (AvgIpc) is 2.83. The Labute approximate surface area is 209 Å². The highest BCUT2D eigenvalue weighted by atomic mass is 16.2. The first-order chi connectivity index (χ1) is 16.9. The molecule has 6 nitrogen and oxygen atoms in total. The average molecular weight is 477 g/mol. The van der Waals surface area contributed by atoms with E-state index in [1.165, 1.54) is 24.8 Å². The van der Waals surface area contributed by atoms with Gasteiger partial charge in [-0.25, -0.2) is 4.98 Å². The summed E-state index contributed by atoms with van der Waals surface area (Å²) in [5.41, 5.74) is 4.28. The van der Waals surface area contributed by atoms with Crippen molar-refractivity contribution >= 4 is 34.2 Å². The lowest BCUT2D eigenvalue weighted by Crippen LogP contribution is -2.39. The van der Waals surface area contributed by atoms with Gasteiger partial charge in [-0.1, -0.05) is 25.5 Å². The first kappa shape index (κ1) is 25.2. The lowest BCUT2D eigenvalue weighted by molar-refractivity contribution is -0.124. The van der Waals surface area contributed by atoms with Crippen LogP contribution in [0.5, 0.6) is 0 Å². The second-order valence-corrected chi connectivity index (χ2v) is 10.6. The van der Waals surface area contributed by atoms with Crippen LogP contribution in [-0.2, 0) is 9.59 Å². The summed E-state index contributed by atoms with van der Waals surface area (Å²) in [6, 6.07) is 8.02. The van der Waals surface area contributed by atoms with Gasteiger partial charge in [0, 0.05) is 43.5 Å². The van der Waals surface area contributed by atoms with Crippen molar-refractivity contribution in [2.24, 2.45) is 11.8 Å². The number of nitrogens with one attached hydrogen (secondary N) is 2. The number of pyridine rings is 1. The van der Waals surface area contributed by atoms with Crippen LogP contribution in [0.1, 0.15) is 70.8 Å². The summed E-state index contributed by atoms with van der Waals surface area (Å²) in [6.07, 6.45) is 9.70. The minimum atomic E-state index is -0.145. The molecule has 0 saturated carbocycles. The molecule has 2 aliphatic rings. The number of hydrogen-bond acceptors (Lipinski definition) is 4. The number of carbonyl (C=O) groups excluding carboxylic acids is 2. The van der Waals surface area contributed by atoms with Crippen LogP contribution < -0.4 is 15.5 Å².